The molecule has 0 amide bonds. The Balaban J connectivity index is 1.66. The molecule has 1 aliphatic heterocycles. The highest BCUT2D eigenvalue weighted by molar-refractivity contribution is 6.61. The predicted octanol–water partition coefficient (Wildman–Crippen LogP) is 1.24. The van der Waals surface area contributed by atoms with E-state index in [9.17, 15) is 10.2 Å². The van der Waals surface area contributed by atoms with E-state index in [1.165, 1.54) is 0 Å². The van der Waals surface area contributed by atoms with Crippen molar-refractivity contribution in [3.8, 4) is 11.6 Å². The third kappa shape index (κ3) is 4.26. The Hall–Kier alpha value is -2.19. The van der Waals surface area contributed by atoms with Crippen LogP contribution in [0.2, 0.25) is 0 Å². The summed E-state index contributed by atoms with van der Waals surface area (Å²) in [4.78, 5) is 4.26. The Morgan fingerprint density at radius 1 is 1.32 bits per heavy atom. The largest absolute Gasteiger partial charge is 0.629 e. The molecule has 2 aromatic rings. The van der Waals surface area contributed by atoms with E-state index in [1.54, 1.807) is 36.7 Å². The molecule has 0 aliphatic carbocycles. The van der Waals surface area contributed by atoms with E-state index in [0.717, 1.165) is 16.6 Å². The van der Waals surface area contributed by atoms with E-state index in [1.807, 2.05) is 32.9 Å². The van der Waals surface area contributed by atoms with Crippen LogP contribution in [0.25, 0.3) is 6.08 Å². The van der Waals surface area contributed by atoms with Crippen LogP contribution in [-0.4, -0.2) is 22.7 Å². The molecule has 0 fully saturated rings. The number of pyridine rings is 1. The van der Waals surface area contributed by atoms with Gasteiger partial charge in [0.25, 0.3) is 0 Å². The second-order valence-corrected chi connectivity index (χ2v) is 7.00. The van der Waals surface area contributed by atoms with Crippen molar-refractivity contribution in [2.45, 2.75) is 32.9 Å². The lowest BCUT2D eigenvalue weighted by Crippen LogP contribution is -3.10. The lowest BCUT2D eigenvalue weighted by Gasteiger charge is -2.31. The molecule has 0 saturated heterocycles. The van der Waals surface area contributed by atoms with Crippen LogP contribution < -0.4 is 15.3 Å². The van der Waals surface area contributed by atoms with Crippen molar-refractivity contribution in [3.63, 3.8) is 0 Å². The first-order chi connectivity index (χ1) is 11.8. The Morgan fingerprint density at radius 3 is 2.80 bits per heavy atom. The maximum Gasteiger partial charge on any atom is 0.491 e. The van der Waals surface area contributed by atoms with E-state index in [-0.39, 0.29) is 5.06 Å². The molecule has 130 valence electrons. The molecule has 1 atom stereocenters. The third-order valence-electron chi connectivity index (χ3n) is 3.93. The van der Waals surface area contributed by atoms with Crippen molar-refractivity contribution in [1.29, 1.82) is 0 Å². The lowest BCUT2D eigenvalue weighted by molar-refractivity contribution is -0.845. The average molecular weight is 340 g/mol. The summed E-state index contributed by atoms with van der Waals surface area (Å²) in [5, 5.41) is 21.6. The Bertz CT molecular complexity index is 772. The number of nitrogens with zero attached hydrogens (tertiary/aromatic N) is 1. The number of quaternary nitrogens is 1. The zero-order valence-electron chi connectivity index (χ0n) is 14.5. The van der Waals surface area contributed by atoms with Gasteiger partial charge in [-0.1, -0.05) is 6.07 Å². The van der Waals surface area contributed by atoms with Gasteiger partial charge in [0, 0.05) is 18.3 Å². The molecule has 2 N–H and O–H groups in total. The summed E-state index contributed by atoms with van der Waals surface area (Å²) in [5.74, 6) is 1.09. The van der Waals surface area contributed by atoms with E-state index in [2.05, 4.69) is 4.98 Å². The van der Waals surface area contributed by atoms with Crippen molar-refractivity contribution in [2.75, 3.05) is 0 Å². The van der Waals surface area contributed by atoms with E-state index in [0.29, 0.717) is 18.2 Å². The molecule has 0 saturated carbocycles. The minimum atomic E-state index is -0.857. The van der Waals surface area contributed by atoms with Gasteiger partial charge < -0.3 is 24.7 Å². The van der Waals surface area contributed by atoms with E-state index in [4.69, 9.17) is 9.39 Å². The van der Waals surface area contributed by atoms with Crippen LogP contribution in [0.5, 0.6) is 11.6 Å². The quantitative estimate of drug-likeness (QED) is 0.647. The molecule has 0 bridgehead atoms. The SMILES string of the molecule is CC(C)(C)[NH+]([O-])C=Cc1ccc(Oc2ccc3c(c2)COB3O)nc1. The smallest absolute Gasteiger partial charge is 0.491 e. The summed E-state index contributed by atoms with van der Waals surface area (Å²) in [6.45, 7) is 6.02. The number of fused-ring (bicyclic) bond motifs is 1. The summed E-state index contributed by atoms with van der Waals surface area (Å²) >= 11 is 0. The van der Waals surface area contributed by atoms with Crippen molar-refractivity contribution in [1.82, 2.24) is 4.98 Å². The summed E-state index contributed by atoms with van der Waals surface area (Å²) in [6.07, 6.45) is 4.98. The van der Waals surface area contributed by atoms with E-state index >= 15 is 0 Å². The minimum absolute atomic E-state index is 0.0652. The van der Waals surface area contributed by atoms with Crippen LogP contribution >= 0.6 is 0 Å². The molecule has 1 aliphatic rings. The van der Waals surface area contributed by atoms with Crippen LogP contribution in [0.1, 0.15) is 31.9 Å². The number of benzene rings is 1. The van der Waals surface area contributed by atoms with Gasteiger partial charge >= 0.3 is 7.12 Å². The van der Waals surface area contributed by atoms with Gasteiger partial charge in [0.05, 0.1) is 18.3 Å². The average Bonchev–Trinajstić information content (AvgIpc) is 2.94. The molecular weight excluding hydrogens is 319 g/mol. The zero-order chi connectivity index (χ0) is 18.0. The molecule has 1 aromatic heterocycles. The van der Waals surface area contributed by atoms with Gasteiger partial charge in [-0.05, 0) is 55.6 Å². The van der Waals surface area contributed by atoms with Crippen LogP contribution in [0.4, 0.5) is 0 Å². The topological polar surface area (TPSA) is 79.1 Å². The maximum atomic E-state index is 11.9. The fourth-order valence-electron chi connectivity index (χ4n) is 2.36. The molecule has 7 heteroatoms. The van der Waals surface area contributed by atoms with Gasteiger partial charge in [0.1, 0.15) is 5.75 Å². The highest BCUT2D eigenvalue weighted by Gasteiger charge is 2.27. The second-order valence-electron chi connectivity index (χ2n) is 7.00. The van der Waals surface area contributed by atoms with Crippen molar-refractivity contribution < 1.29 is 19.5 Å². The predicted molar refractivity (Wildman–Crippen MR) is 96.3 cm³/mol. The zero-order valence-corrected chi connectivity index (χ0v) is 14.5. The Kier molecular flexibility index (Phi) is 4.92. The number of hydrogen-bond acceptors (Lipinski definition) is 5. The standard InChI is InChI=1S/C18H21BN2O4/c1-18(2,3)21(23)9-8-13-4-7-17(20-11-13)25-15-5-6-16-14(10-15)12-24-19(16)22/h4-11,21-22H,12H2,1-3H3. The molecule has 3 rings (SSSR count). The molecule has 25 heavy (non-hydrogen) atoms. The number of rotatable bonds is 4. The number of hydrogen-bond donors (Lipinski definition) is 2. The molecular formula is C18H21BN2O4. The van der Waals surface area contributed by atoms with Gasteiger partial charge in [0.15, 0.2) is 0 Å². The van der Waals surface area contributed by atoms with Crippen LogP contribution in [0.15, 0.2) is 42.7 Å². The first kappa shape index (κ1) is 17.6. The number of ether oxygens (including phenoxy) is 1. The van der Waals surface area contributed by atoms with Gasteiger partial charge in [-0.15, -0.1) is 0 Å². The highest BCUT2D eigenvalue weighted by Crippen LogP contribution is 2.22. The number of hydroxylamine groups is 2. The first-order valence-corrected chi connectivity index (χ1v) is 8.12. The van der Waals surface area contributed by atoms with Gasteiger partial charge in [-0.25, -0.2) is 4.98 Å². The molecule has 0 spiro atoms. The van der Waals surface area contributed by atoms with Gasteiger partial charge in [-0.3, -0.25) is 0 Å². The maximum absolute atomic E-state index is 11.9. The summed E-state index contributed by atoms with van der Waals surface area (Å²) < 4.78 is 10.9. The van der Waals surface area contributed by atoms with Crippen molar-refractivity contribution in [3.05, 3.63) is 59.1 Å². The van der Waals surface area contributed by atoms with Gasteiger partial charge in [0.2, 0.25) is 5.88 Å². The molecule has 1 unspecified atom stereocenters. The fraction of sp³-hybridized carbons (Fsp3) is 0.278. The first-order valence-electron chi connectivity index (χ1n) is 8.12. The highest BCUT2D eigenvalue weighted by atomic mass is 16.5. The molecule has 2 heterocycles. The van der Waals surface area contributed by atoms with Gasteiger partial charge in [-0.2, -0.15) is 0 Å². The molecule has 0 radical (unpaired) electrons. The monoisotopic (exact) mass is 340 g/mol. The Morgan fingerprint density at radius 2 is 2.12 bits per heavy atom. The summed E-state index contributed by atoms with van der Waals surface area (Å²) in [6, 6.07) is 8.99. The van der Waals surface area contributed by atoms with Crippen molar-refractivity contribution >= 4 is 18.7 Å². The Labute approximate surface area is 147 Å². The van der Waals surface area contributed by atoms with E-state index < -0.39 is 12.7 Å². The normalized spacial score (nSPS) is 15.5. The second kappa shape index (κ2) is 6.97. The minimum Gasteiger partial charge on any atom is -0.629 e. The van der Waals surface area contributed by atoms with Crippen LogP contribution in [-0.2, 0) is 11.3 Å². The fourth-order valence-corrected chi connectivity index (χ4v) is 2.36. The third-order valence-corrected chi connectivity index (χ3v) is 3.93. The molecule has 6 nitrogen and oxygen atoms in total. The van der Waals surface area contributed by atoms with Crippen molar-refractivity contribution in [2.24, 2.45) is 0 Å². The lowest BCUT2D eigenvalue weighted by atomic mass is 9.80. The van der Waals surface area contributed by atoms with Crippen LogP contribution in [0.3, 0.4) is 0 Å². The van der Waals surface area contributed by atoms with Crippen LogP contribution in [0, 0.1) is 5.21 Å². The molecule has 1 aromatic carbocycles. The number of aromatic nitrogens is 1. The summed E-state index contributed by atoms with van der Waals surface area (Å²) in [5.41, 5.74) is 2.11. The number of nitrogens with one attached hydrogen (secondary N) is 1. The summed E-state index contributed by atoms with van der Waals surface area (Å²) in [7, 11) is -0.857.